The molecule has 0 radical (unpaired) electrons. The Kier molecular flexibility index (Phi) is 3.88. The summed E-state index contributed by atoms with van der Waals surface area (Å²) in [5.74, 6) is 1.39. The van der Waals surface area contributed by atoms with E-state index >= 15 is 0 Å². The van der Waals surface area contributed by atoms with Gasteiger partial charge in [0.2, 0.25) is 0 Å². The number of carbonyl (C=O) groups is 1. The first-order valence-electron chi connectivity index (χ1n) is 11.3. The lowest BCUT2D eigenvalue weighted by Gasteiger charge is -2.36. The lowest BCUT2D eigenvalue weighted by atomic mass is 9.87. The number of amides is 1. The zero-order chi connectivity index (χ0) is 21.3. The predicted octanol–water partition coefficient (Wildman–Crippen LogP) is 3.85. The molecule has 2 aromatic rings. The van der Waals surface area contributed by atoms with Gasteiger partial charge in [0.15, 0.2) is 0 Å². The summed E-state index contributed by atoms with van der Waals surface area (Å²) in [4.78, 5) is 31.3. The summed E-state index contributed by atoms with van der Waals surface area (Å²) >= 11 is 0. The number of fused-ring (bicyclic) bond motifs is 4. The predicted molar refractivity (Wildman–Crippen MR) is 121 cm³/mol. The van der Waals surface area contributed by atoms with Crippen LogP contribution in [0, 0.1) is 12.8 Å². The summed E-state index contributed by atoms with van der Waals surface area (Å²) in [5, 5.41) is 9.94. The van der Waals surface area contributed by atoms with Gasteiger partial charge in [-0.2, -0.15) is 0 Å². The third kappa shape index (κ3) is 2.68. The molecule has 0 atom stereocenters. The molecule has 4 heterocycles. The summed E-state index contributed by atoms with van der Waals surface area (Å²) in [6, 6.07) is 1.96. The zero-order valence-electron chi connectivity index (χ0n) is 17.8. The minimum absolute atomic E-state index is 0.146. The largest absolute Gasteiger partial charge is 0.370 e. The van der Waals surface area contributed by atoms with Gasteiger partial charge >= 0.3 is 0 Å². The van der Waals surface area contributed by atoms with E-state index in [1.54, 1.807) is 10.8 Å². The van der Waals surface area contributed by atoms with E-state index in [0.717, 1.165) is 78.3 Å². The Morgan fingerprint density at radius 3 is 2.77 bits per heavy atom. The van der Waals surface area contributed by atoms with Gasteiger partial charge in [-0.25, -0.2) is 4.98 Å². The average molecular weight is 418 g/mol. The number of anilines is 3. The summed E-state index contributed by atoms with van der Waals surface area (Å²) in [7, 11) is 0. The van der Waals surface area contributed by atoms with Gasteiger partial charge in [0.1, 0.15) is 22.9 Å². The Morgan fingerprint density at radius 1 is 1.26 bits per heavy atom. The second kappa shape index (κ2) is 6.45. The second-order valence-corrected chi connectivity index (χ2v) is 9.45. The summed E-state index contributed by atoms with van der Waals surface area (Å²) in [5.41, 5.74) is 4.21. The van der Waals surface area contributed by atoms with E-state index < -0.39 is 5.66 Å². The summed E-state index contributed by atoms with van der Waals surface area (Å²) in [6.45, 7) is 7.13. The summed E-state index contributed by atoms with van der Waals surface area (Å²) in [6.07, 6.45) is 9.08. The number of rotatable bonds is 3. The second-order valence-electron chi connectivity index (χ2n) is 9.45. The van der Waals surface area contributed by atoms with Crippen molar-refractivity contribution in [1.82, 2.24) is 14.9 Å². The number of hydrogen-bond donors (Lipinski definition) is 3. The number of carbonyl (C=O) groups excluding carboxylic acids is 1. The van der Waals surface area contributed by atoms with Crippen molar-refractivity contribution in [2.75, 3.05) is 17.2 Å². The normalized spacial score (nSPS) is 20.5. The number of hydrogen-bond acceptors (Lipinski definition) is 5. The van der Waals surface area contributed by atoms with E-state index in [1.165, 1.54) is 12.8 Å². The maximum atomic E-state index is 13.8. The molecule has 7 nitrogen and oxygen atoms in total. The maximum absolute atomic E-state index is 13.8. The standard InChI is InChI=1S/C24H27N5O2/c1-13-16-12-26-18(25-11-15-6-7-15)10-17(16)27-20-19(13)14(2)21-22(30)28-24(29(21)23(20)31)8-4-3-5-9-24/h10,12,15,27H,1,3-9,11H2,2H3,(H,25,26)(H,28,30). The Hall–Kier alpha value is -3.09. The minimum atomic E-state index is -0.597. The van der Waals surface area contributed by atoms with Crippen molar-refractivity contribution in [1.29, 1.82) is 0 Å². The van der Waals surface area contributed by atoms with Crippen molar-refractivity contribution < 1.29 is 4.79 Å². The third-order valence-corrected chi connectivity index (χ3v) is 7.35. The molecule has 7 heteroatoms. The highest BCUT2D eigenvalue weighted by molar-refractivity contribution is 6.03. The molecule has 0 saturated heterocycles. The third-order valence-electron chi connectivity index (χ3n) is 7.35. The highest BCUT2D eigenvalue weighted by Gasteiger charge is 2.46. The lowest BCUT2D eigenvalue weighted by molar-refractivity contribution is 0.0876. The van der Waals surface area contributed by atoms with Crippen LogP contribution in [0.1, 0.15) is 72.1 Å². The number of nitrogens with zero attached hydrogens (tertiary/aromatic N) is 2. The quantitative estimate of drug-likeness (QED) is 0.602. The highest BCUT2D eigenvalue weighted by atomic mass is 16.2. The Labute approximate surface area is 181 Å². The smallest absolute Gasteiger partial charge is 0.277 e. The molecule has 0 aromatic carbocycles. The van der Waals surface area contributed by atoms with Gasteiger partial charge in [0.05, 0.1) is 5.69 Å². The van der Waals surface area contributed by atoms with E-state index in [4.69, 9.17) is 0 Å². The van der Waals surface area contributed by atoms with Crippen LogP contribution in [0.3, 0.4) is 0 Å². The fraction of sp³-hybridized carbons (Fsp3) is 0.458. The fourth-order valence-electron chi connectivity index (χ4n) is 5.52. The molecule has 2 aliphatic carbocycles. The van der Waals surface area contributed by atoms with Crippen LogP contribution in [0.5, 0.6) is 0 Å². The van der Waals surface area contributed by atoms with Crippen molar-refractivity contribution in [2.24, 2.45) is 5.92 Å². The first kappa shape index (κ1) is 18.7. The van der Waals surface area contributed by atoms with Crippen molar-refractivity contribution in [3.63, 3.8) is 0 Å². The first-order chi connectivity index (χ1) is 15.0. The highest BCUT2D eigenvalue weighted by Crippen LogP contribution is 2.44. The Bertz CT molecular complexity index is 1200. The van der Waals surface area contributed by atoms with Crippen LogP contribution >= 0.6 is 0 Å². The van der Waals surface area contributed by atoms with Crippen molar-refractivity contribution >= 4 is 28.7 Å². The van der Waals surface area contributed by atoms with Crippen molar-refractivity contribution in [3.05, 3.63) is 51.6 Å². The summed E-state index contributed by atoms with van der Waals surface area (Å²) < 4.78 is 1.74. The first-order valence-corrected chi connectivity index (χ1v) is 11.3. The molecular weight excluding hydrogens is 390 g/mol. The van der Waals surface area contributed by atoms with Gasteiger partial charge < -0.3 is 16.0 Å². The Balaban J connectivity index is 1.47. The molecule has 1 spiro atoms. The lowest BCUT2D eigenvalue weighted by Crippen LogP contribution is -2.49. The van der Waals surface area contributed by atoms with Gasteiger partial charge in [-0.1, -0.05) is 13.0 Å². The zero-order valence-corrected chi connectivity index (χ0v) is 17.8. The molecule has 4 aliphatic rings. The molecule has 3 N–H and O–H groups in total. The van der Waals surface area contributed by atoms with Crippen LogP contribution < -0.4 is 21.5 Å². The van der Waals surface area contributed by atoms with Crippen LogP contribution in [0.4, 0.5) is 17.2 Å². The maximum Gasteiger partial charge on any atom is 0.277 e. The minimum Gasteiger partial charge on any atom is -0.370 e. The Morgan fingerprint density at radius 2 is 2.03 bits per heavy atom. The number of aromatic nitrogens is 2. The molecule has 2 aliphatic heterocycles. The molecule has 6 rings (SSSR count). The van der Waals surface area contributed by atoms with Gasteiger partial charge in [0, 0.05) is 29.9 Å². The molecule has 2 saturated carbocycles. The van der Waals surface area contributed by atoms with Crippen molar-refractivity contribution in [2.45, 2.75) is 57.5 Å². The van der Waals surface area contributed by atoms with E-state index in [1.807, 2.05) is 13.0 Å². The van der Waals surface area contributed by atoms with Crippen molar-refractivity contribution in [3.8, 4) is 0 Å². The topological polar surface area (TPSA) is 88.1 Å². The van der Waals surface area contributed by atoms with Gasteiger partial charge in [0.25, 0.3) is 11.5 Å². The van der Waals surface area contributed by atoms with E-state index in [2.05, 4.69) is 27.5 Å². The van der Waals surface area contributed by atoms with Crippen LogP contribution in [-0.4, -0.2) is 22.0 Å². The van der Waals surface area contributed by atoms with E-state index in [-0.39, 0.29) is 11.5 Å². The molecule has 31 heavy (non-hydrogen) atoms. The average Bonchev–Trinajstić information content (AvgIpc) is 3.55. The molecule has 2 aromatic heterocycles. The van der Waals surface area contributed by atoms with Crippen LogP contribution in [0.15, 0.2) is 23.6 Å². The molecular formula is C24H27N5O2. The van der Waals surface area contributed by atoms with Crippen LogP contribution in [-0.2, 0) is 5.66 Å². The molecule has 2 fully saturated rings. The van der Waals surface area contributed by atoms with E-state index in [0.29, 0.717) is 11.4 Å². The van der Waals surface area contributed by atoms with Crippen LogP contribution in [0.25, 0.3) is 5.57 Å². The number of nitrogens with one attached hydrogen (secondary N) is 3. The number of pyridine rings is 2. The fourth-order valence-corrected chi connectivity index (χ4v) is 5.52. The van der Waals surface area contributed by atoms with E-state index in [9.17, 15) is 9.59 Å². The molecule has 1 amide bonds. The van der Waals surface area contributed by atoms with Gasteiger partial charge in [-0.05, 0) is 62.5 Å². The van der Waals surface area contributed by atoms with Gasteiger partial charge in [-0.3, -0.25) is 14.2 Å². The molecule has 160 valence electrons. The molecule has 0 bridgehead atoms. The van der Waals surface area contributed by atoms with Gasteiger partial charge in [-0.15, -0.1) is 0 Å². The molecule has 0 unspecified atom stereocenters. The monoisotopic (exact) mass is 417 g/mol. The SMILES string of the molecule is C=C1c2cnc(NCC3CC3)cc2Nc2c1c(C)c1n(c2=O)C2(CCCCC2)NC1=O. The van der Waals surface area contributed by atoms with Crippen LogP contribution in [0.2, 0.25) is 0 Å².